The maximum absolute atomic E-state index is 11.7. The molecule has 9 nitrogen and oxygen atoms in total. The van der Waals surface area contributed by atoms with Gasteiger partial charge in [0.25, 0.3) is 0 Å². The molecule has 0 saturated carbocycles. The topological polar surface area (TPSA) is 98.3 Å². The van der Waals surface area contributed by atoms with Crippen LogP contribution in [0.3, 0.4) is 0 Å². The first-order valence-electron chi connectivity index (χ1n) is 10.1. The van der Waals surface area contributed by atoms with Gasteiger partial charge in [-0.05, 0) is 26.0 Å². The lowest BCUT2D eigenvalue weighted by Gasteiger charge is -2.33. The predicted molar refractivity (Wildman–Crippen MR) is 129 cm³/mol. The van der Waals surface area contributed by atoms with Gasteiger partial charge in [0, 0.05) is 42.5 Å². The summed E-state index contributed by atoms with van der Waals surface area (Å²) in [5.41, 5.74) is 0. The fourth-order valence-corrected chi connectivity index (χ4v) is 4.40. The van der Waals surface area contributed by atoms with Crippen LogP contribution in [0.2, 0.25) is 0 Å². The van der Waals surface area contributed by atoms with Crippen LogP contribution in [0.25, 0.3) is 0 Å². The third-order valence-electron chi connectivity index (χ3n) is 4.91. The second-order valence-electron chi connectivity index (χ2n) is 6.96. The lowest BCUT2D eigenvalue weighted by atomic mass is 10.2. The van der Waals surface area contributed by atoms with Gasteiger partial charge in [0.2, 0.25) is 5.91 Å². The zero-order valence-corrected chi connectivity index (χ0v) is 20.6. The molecule has 0 aromatic carbocycles. The minimum atomic E-state index is -0.334. The fraction of sp³-hybridized carbons (Fsp3) is 0.632. The summed E-state index contributed by atoms with van der Waals surface area (Å²) in [6, 6.07) is 4.21. The molecule has 3 rings (SSSR count). The molecule has 2 saturated heterocycles. The second-order valence-corrected chi connectivity index (χ2v) is 8.28. The van der Waals surface area contributed by atoms with E-state index >= 15 is 0 Å². The highest BCUT2D eigenvalue weighted by atomic mass is 127. The van der Waals surface area contributed by atoms with Crippen LogP contribution < -0.4 is 16.0 Å². The van der Waals surface area contributed by atoms with E-state index in [1.54, 1.807) is 0 Å². The molecule has 0 bridgehead atoms. The van der Waals surface area contributed by atoms with Crippen molar-refractivity contribution < 1.29 is 14.3 Å². The maximum atomic E-state index is 11.7. The van der Waals surface area contributed by atoms with E-state index in [1.807, 2.05) is 18.3 Å². The Labute approximate surface area is 198 Å². The van der Waals surface area contributed by atoms with Gasteiger partial charge in [0.05, 0.1) is 32.3 Å². The number of carbonyl (C=O) groups excluding carboxylic acids is 2. The number of rotatable bonds is 8. The van der Waals surface area contributed by atoms with Gasteiger partial charge in [-0.1, -0.05) is 0 Å². The number of nitrogens with one attached hydrogen (secondary N) is 3. The van der Waals surface area contributed by atoms with E-state index < -0.39 is 0 Å². The summed E-state index contributed by atoms with van der Waals surface area (Å²) in [6.45, 7) is 9.61. The first-order chi connectivity index (χ1) is 14.1. The van der Waals surface area contributed by atoms with Crippen LogP contribution in [0.4, 0.5) is 4.79 Å². The van der Waals surface area contributed by atoms with Crippen LogP contribution in [0, 0.1) is 6.92 Å². The molecule has 1 atom stereocenters. The van der Waals surface area contributed by atoms with Gasteiger partial charge in [-0.25, -0.2) is 4.79 Å². The molecule has 3 amide bonds. The van der Waals surface area contributed by atoms with Crippen LogP contribution >= 0.6 is 35.3 Å². The lowest BCUT2D eigenvalue weighted by molar-refractivity contribution is -0.124. The number of hydrogen-bond acceptors (Lipinski definition) is 6. The SMILES string of the molecule is CCNC(=NCC(c1ccc(C)s1)N1CCOCC1)NCCN1C(=O)CNC1=O.I. The van der Waals surface area contributed by atoms with Gasteiger partial charge < -0.3 is 20.7 Å². The van der Waals surface area contributed by atoms with Crippen molar-refractivity contribution in [3.63, 3.8) is 0 Å². The number of aryl methyl sites for hydroxylation is 1. The molecule has 3 N–H and O–H groups in total. The zero-order chi connectivity index (χ0) is 20.6. The summed E-state index contributed by atoms with van der Waals surface area (Å²) in [7, 11) is 0. The minimum absolute atomic E-state index is 0. The minimum Gasteiger partial charge on any atom is -0.379 e. The van der Waals surface area contributed by atoms with Crippen LogP contribution in [0.5, 0.6) is 0 Å². The van der Waals surface area contributed by atoms with E-state index in [9.17, 15) is 9.59 Å². The van der Waals surface area contributed by atoms with Crippen molar-refractivity contribution in [3.05, 3.63) is 21.9 Å². The number of aliphatic imine (C=N–C) groups is 1. The number of guanidine groups is 1. The number of urea groups is 1. The van der Waals surface area contributed by atoms with Gasteiger partial charge >= 0.3 is 6.03 Å². The third kappa shape index (κ3) is 6.79. The van der Waals surface area contributed by atoms with Gasteiger partial charge in [-0.3, -0.25) is 19.6 Å². The Morgan fingerprint density at radius 1 is 1.30 bits per heavy atom. The normalized spacial score (nSPS) is 18.7. The summed E-state index contributed by atoms with van der Waals surface area (Å²) in [5, 5.41) is 9.00. The summed E-state index contributed by atoms with van der Waals surface area (Å²) < 4.78 is 5.51. The molecule has 11 heteroatoms. The standard InChI is InChI=1S/C19H30N6O3S.HI/c1-3-20-18(21-6-7-25-17(26)13-23-19(25)27)22-12-15(16-5-4-14(2)29-16)24-8-10-28-11-9-24;/h4-5,15H,3,6-13H2,1-2H3,(H,23,27)(H2,20,21,22);1H. The van der Waals surface area contributed by atoms with E-state index in [1.165, 1.54) is 14.7 Å². The van der Waals surface area contributed by atoms with Gasteiger partial charge in [-0.2, -0.15) is 0 Å². The van der Waals surface area contributed by atoms with Gasteiger partial charge in [0.15, 0.2) is 5.96 Å². The molecule has 0 aliphatic carbocycles. The molecule has 0 radical (unpaired) electrons. The number of imide groups is 1. The van der Waals surface area contributed by atoms with Crippen molar-refractivity contribution in [3.8, 4) is 0 Å². The molecule has 1 aromatic heterocycles. The average molecular weight is 550 g/mol. The number of amides is 3. The second kappa shape index (κ2) is 12.4. The largest absolute Gasteiger partial charge is 0.379 e. The highest BCUT2D eigenvalue weighted by molar-refractivity contribution is 14.0. The Kier molecular flexibility index (Phi) is 10.3. The van der Waals surface area contributed by atoms with E-state index in [0.29, 0.717) is 25.6 Å². The molecule has 2 fully saturated rings. The van der Waals surface area contributed by atoms with Crippen molar-refractivity contribution in [2.75, 3.05) is 59.0 Å². The Morgan fingerprint density at radius 2 is 2.07 bits per heavy atom. The van der Waals surface area contributed by atoms with E-state index in [-0.39, 0.29) is 48.5 Å². The first kappa shape index (κ1) is 24.8. The smallest absolute Gasteiger partial charge is 0.324 e. The number of thiophene rings is 1. The highest BCUT2D eigenvalue weighted by Gasteiger charge is 2.28. The van der Waals surface area contributed by atoms with Crippen LogP contribution in [-0.2, 0) is 9.53 Å². The molecule has 3 heterocycles. The van der Waals surface area contributed by atoms with Crippen LogP contribution in [0.15, 0.2) is 17.1 Å². The Bertz CT molecular complexity index is 722. The summed E-state index contributed by atoms with van der Waals surface area (Å²) >= 11 is 1.81. The van der Waals surface area contributed by atoms with Gasteiger partial charge in [0.1, 0.15) is 0 Å². The number of ether oxygens (including phenoxy) is 1. The molecule has 2 aliphatic rings. The maximum Gasteiger partial charge on any atom is 0.324 e. The Hall–Kier alpha value is -1.44. The molecular weight excluding hydrogens is 519 g/mol. The van der Waals surface area contributed by atoms with Crippen molar-refractivity contribution in [1.82, 2.24) is 25.8 Å². The quantitative estimate of drug-likeness (QED) is 0.195. The Morgan fingerprint density at radius 3 is 2.67 bits per heavy atom. The third-order valence-corrected chi connectivity index (χ3v) is 6.01. The van der Waals surface area contributed by atoms with Crippen molar-refractivity contribution in [2.45, 2.75) is 19.9 Å². The molecule has 1 aromatic rings. The van der Waals surface area contributed by atoms with E-state index in [0.717, 1.165) is 32.8 Å². The van der Waals surface area contributed by atoms with Crippen LogP contribution in [0.1, 0.15) is 22.7 Å². The molecule has 30 heavy (non-hydrogen) atoms. The van der Waals surface area contributed by atoms with Crippen molar-refractivity contribution >= 4 is 53.2 Å². The first-order valence-corrected chi connectivity index (χ1v) is 10.9. The number of hydrogen-bond donors (Lipinski definition) is 3. The van der Waals surface area contributed by atoms with Gasteiger partial charge in [-0.15, -0.1) is 35.3 Å². The van der Waals surface area contributed by atoms with Crippen molar-refractivity contribution in [1.29, 1.82) is 0 Å². The molecular formula is C19H31IN6O3S. The lowest BCUT2D eigenvalue weighted by Crippen LogP contribution is -2.44. The molecule has 0 spiro atoms. The average Bonchev–Trinajstić information content (AvgIpc) is 3.29. The molecule has 2 aliphatic heterocycles. The summed E-state index contributed by atoms with van der Waals surface area (Å²) in [5.74, 6) is 0.491. The molecule has 1 unspecified atom stereocenters. The van der Waals surface area contributed by atoms with E-state index in [2.05, 4.69) is 39.9 Å². The van der Waals surface area contributed by atoms with E-state index in [4.69, 9.17) is 9.73 Å². The highest BCUT2D eigenvalue weighted by Crippen LogP contribution is 2.28. The van der Waals surface area contributed by atoms with Crippen molar-refractivity contribution in [2.24, 2.45) is 4.99 Å². The number of nitrogens with zero attached hydrogens (tertiary/aromatic N) is 3. The number of morpholine rings is 1. The summed E-state index contributed by atoms with van der Waals surface area (Å²) in [6.07, 6.45) is 0. The van der Waals surface area contributed by atoms with Crippen LogP contribution in [-0.4, -0.2) is 86.7 Å². The Balaban J connectivity index is 0.00000320. The monoisotopic (exact) mass is 550 g/mol. The number of carbonyl (C=O) groups is 2. The fourth-order valence-electron chi connectivity index (χ4n) is 3.39. The predicted octanol–water partition coefficient (Wildman–Crippen LogP) is 1.15. The zero-order valence-electron chi connectivity index (χ0n) is 17.5. The molecule has 168 valence electrons. The number of halogens is 1. The summed E-state index contributed by atoms with van der Waals surface area (Å²) in [4.78, 5) is 34.4.